The van der Waals surface area contributed by atoms with Gasteiger partial charge in [0.15, 0.2) is 0 Å². The van der Waals surface area contributed by atoms with Crippen LogP contribution in [0.25, 0.3) is 0 Å². The highest BCUT2D eigenvalue weighted by Gasteiger charge is 2.42. The minimum Gasteiger partial charge on any atom is -0.478 e. The number of aliphatic carboxylic acids is 1. The third kappa shape index (κ3) is 1.50. The lowest BCUT2D eigenvalue weighted by molar-refractivity contribution is -0.131. The molecule has 0 aliphatic heterocycles. The van der Waals surface area contributed by atoms with Crippen LogP contribution in [0.4, 0.5) is 0 Å². The molecule has 13 heavy (non-hydrogen) atoms. The molecule has 0 radical (unpaired) electrons. The molecular weight excluding hydrogens is 164 g/mol. The van der Waals surface area contributed by atoms with E-state index in [1.165, 1.54) is 50.2 Å². The van der Waals surface area contributed by atoms with E-state index in [4.69, 9.17) is 5.11 Å². The van der Waals surface area contributed by atoms with Gasteiger partial charge in [0.05, 0.1) is 0 Å². The van der Waals surface area contributed by atoms with Crippen LogP contribution in [0.2, 0.25) is 0 Å². The molecule has 0 atom stereocenters. The molecule has 0 heterocycles. The van der Waals surface area contributed by atoms with Crippen molar-refractivity contribution in [2.45, 2.75) is 44.9 Å². The van der Waals surface area contributed by atoms with E-state index < -0.39 is 5.97 Å². The fraction of sp³-hybridized carbons (Fsp3) is 0.727. The van der Waals surface area contributed by atoms with E-state index in [-0.39, 0.29) is 0 Å². The van der Waals surface area contributed by atoms with Crippen LogP contribution in [0.5, 0.6) is 0 Å². The van der Waals surface area contributed by atoms with Gasteiger partial charge >= 0.3 is 5.97 Å². The van der Waals surface area contributed by atoms with Gasteiger partial charge in [0.2, 0.25) is 0 Å². The van der Waals surface area contributed by atoms with Crippen molar-refractivity contribution >= 4 is 5.97 Å². The quantitative estimate of drug-likeness (QED) is 0.630. The Morgan fingerprint density at radius 1 is 1.23 bits per heavy atom. The van der Waals surface area contributed by atoms with Gasteiger partial charge in [-0.05, 0) is 31.1 Å². The van der Waals surface area contributed by atoms with E-state index >= 15 is 0 Å². The highest BCUT2D eigenvalue weighted by atomic mass is 16.4. The first-order chi connectivity index (χ1) is 6.23. The summed E-state index contributed by atoms with van der Waals surface area (Å²) in [5.74, 6) is -0.764. The van der Waals surface area contributed by atoms with Gasteiger partial charge in [0.1, 0.15) is 0 Å². The van der Waals surface area contributed by atoms with Crippen LogP contribution in [-0.2, 0) is 4.79 Å². The summed E-state index contributed by atoms with van der Waals surface area (Å²) in [6, 6.07) is 0. The average molecular weight is 180 g/mol. The van der Waals surface area contributed by atoms with Crippen molar-refractivity contribution in [3.05, 3.63) is 11.6 Å². The van der Waals surface area contributed by atoms with Crippen LogP contribution in [0.15, 0.2) is 11.6 Å². The minimum absolute atomic E-state index is 0.330. The lowest BCUT2D eigenvalue weighted by Crippen LogP contribution is -2.35. The molecule has 2 aliphatic carbocycles. The number of carbonyl (C=O) groups is 1. The predicted molar refractivity (Wildman–Crippen MR) is 50.5 cm³/mol. The normalized spacial score (nSPS) is 28.8. The van der Waals surface area contributed by atoms with Gasteiger partial charge < -0.3 is 5.11 Å². The Balaban J connectivity index is 2.10. The Bertz CT molecular complexity index is 247. The Labute approximate surface area is 78.6 Å². The molecule has 2 nitrogen and oxygen atoms in total. The summed E-state index contributed by atoms with van der Waals surface area (Å²) < 4.78 is 0. The molecule has 0 aromatic rings. The zero-order valence-electron chi connectivity index (χ0n) is 7.88. The van der Waals surface area contributed by atoms with E-state index in [0.717, 1.165) is 6.42 Å². The summed E-state index contributed by atoms with van der Waals surface area (Å²) in [5.41, 5.74) is 1.54. The summed E-state index contributed by atoms with van der Waals surface area (Å²) in [6.45, 7) is 0. The largest absolute Gasteiger partial charge is 0.478 e. The molecule has 1 spiro atoms. The maximum Gasteiger partial charge on any atom is 0.328 e. The summed E-state index contributed by atoms with van der Waals surface area (Å²) in [4.78, 5) is 10.6. The third-order valence-corrected chi connectivity index (χ3v) is 3.66. The molecule has 1 N–H and O–H groups in total. The van der Waals surface area contributed by atoms with Gasteiger partial charge in [-0.3, -0.25) is 0 Å². The van der Waals surface area contributed by atoms with Gasteiger partial charge in [-0.15, -0.1) is 0 Å². The first-order valence-corrected chi connectivity index (χ1v) is 5.17. The smallest absolute Gasteiger partial charge is 0.328 e. The molecule has 2 saturated carbocycles. The molecule has 72 valence electrons. The number of carboxylic acids is 1. The summed E-state index contributed by atoms with van der Waals surface area (Å²) in [6.07, 6.45) is 10.1. The second kappa shape index (κ2) is 3.17. The number of carboxylic acid groups (broad SMARTS) is 1. The van der Waals surface area contributed by atoms with Gasteiger partial charge in [-0.2, -0.15) is 0 Å². The summed E-state index contributed by atoms with van der Waals surface area (Å²) in [7, 11) is 0. The molecule has 0 aromatic heterocycles. The minimum atomic E-state index is -0.764. The second-order valence-corrected chi connectivity index (χ2v) is 4.35. The maximum atomic E-state index is 10.6. The van der Waals surface area contributed by atoms with Crippen LogP contribution >= 0.6 is 0 Å². The van der Waals surface area contributed by atoms with E-state index in [1.807, 2.05) is 0 Å². The van der Waals surface area contributed by atoms with E-state index in [2.05, 4.69) is 0 Å². The lowest BCUT2D eigenvalue weighted by atomic mass is 9.57. The van der Waals surface area contributed by atoms with Crippen molar-refractivity contribution in [2.75, 3.05) is 0 Å². The predicted octanol–water partition coefficient (Wildman–Crippen LogP) is 2.74. The lowest BCUT2D eigenvalue weighted by Gasteiger charge is -2.47. The number of hydrogen-bond acceptors (Lipinski definition) is 1. The first-order valence-electron chi connectivity index (χ1n) is 5.17. The van der Waals surface area contributed by atoms with E-state index in [9.17, 15) is 4.79 Å². The molecule has 2 fully saturated rings. The molecule has 2 rings (SSSR count). The van der Waals surface area contributed by atoms with Crippen LogP contribution in [0.3, 0.4) is 0 Å². The molecular formula is C11H16O2. The van der Waals surface area contributed by atoms with Gasteiger partial charge in [-0.25, -0.2) is 4.79 Å². The van der Waals surface area contributed by atoms with Gasteiger partial charge in [0.25, 0.3) is 0 Å². The monoisotopic (exact) mass is 180 g/mol. The maximum absolute atomic E-state index is 10.6. The molecule has 0 aromatic carbocycles. The SMILES string of the molecule is O=C(O)/C=C1/CCC12CCCCC2. The molecule has 0 bridgehead atoms. The molecule has 0 saturated heterocycles. The van der Waals surface area contributed by atoms with Crippen molar-refractivity contribution in [2.24, 2.45) is 5.41 Å². The van der Waals surface area contributed by atoms with E-state index in [0.29, 0.717) is 5.41 Å². The number of allylic oxidation sites excluding steroid dienone is 1. The highest BCUT2D eigenvalue weighted by Crippen LogP contribution is 2.55. The Kier molecular flexibility index (Phi) is 2.14. The fourth-order valence-corrected chi connectivity index (χ4v) is 2.80. The van der Waals surface area contributed by atoms with Crippen molar-refractivity contribution in [1.82, 2.24) is 0 Å². The fourth-order valence-electron chi connectivity index (χ4n) is 2.80. The molecule has 0 amide bonds. The van der Waals surface area contributed by atoms with Gasteiger partial charge in [-0.1, -0.05) is 24.8 Å². The standard InChI is InChI=1S/C11H16O2/c12-10(13)8-9-4-7-11(9)5-2-1-3-6-11/h8H,1-7H2,(H,12,13)/b9-8-. The second-order valence-electron chi connectivity index (χ2n) is 4.35. The Hall–Kier alpha value is -0.790. The summed E-state index contributed by atoms with van der Waals surface area (Å²) >= 11 is 0. The third-order valence-electron chi connectivity index (χ3n) is 3.66. The zero-order valence-corrected chi connectivity index (χ0v) is 7.88. The number of hydrogen-bond donors (Lipinski definition) is 1. The van der Waals surface area contributed by atoms with Crippen molar-refractivity contribution < 1.29 is 9.90 Å². The average Bonchev–Trinajstić information content (AvgIpc) is 2.14. The van der Waals surface area contributed by atoms with Crippen LogP contribution in [0, 0.1) is 5.41 Å². The summed E-state index contributed by atoms with van der Waals surface area (Å²) in [5, 5.41) is 8.69. The van der Waals surface area contributed by atoms with E-state index in [1.54, 1.807) is 0 Å². The Morgan fingerprint density at radius 2 is 1.92 bits per heavy atom. The van der Waals surface area contributed by atoms with Crippen LogP contribution in [0.1, 0.15) is 44.9 Å². The molecule has 2 heteroatoms. The van der Waals surface area contributed by atoms with Crippen LogP contribution in [-0.4, -0.2) is 11.1 Å². The van der Waals surface area contributed by atoms with Gasteiger partial charge in [0, 0.05) is 6.08 Å². The zero-order chi connectivity index (χ0) is 9.31. The topological polar surface area (TPSA) is 37.3 Å². The first kappa shape index (κ1) is 8.79. The van der Waals surface area contributed by atoms with Crippen molar-refractivity contribution in [3.63, 3.8) is 0 Å². The van der Waals surface area contributed by atoms with Crippen molar-refractivity contribution in [1.29, 1.82) is 0 Å². The Morgan fingerprint density at radius 3 is 2.38 bits per heavy atom. The molecule has 2 aliphatic rings. The van der Waals surface area contributed by atoms with Crippen molar-refractivity contribution in [3.8, 4) is 0 Å². The van der Waals surface area contributed by atoms with Crippen LogP contribution < -0.4 is 0 Å². The number of rotatable bonds is 1. The highest BCUT2D eigenvalue weighted by molar-refractivity contribution is 5.81. The molecule has 0 unspecified atom stereocenters.